The van der Waals surface area contributed by atoms with Crippen LogP contribution in [0.3, 0.4) is 0 Å². The minimum Gasteiger partial charge on any atom is -0.469 e. The van der Waals surface area contributed by atoms with E-state index in [-0.39, 0.29) is 5.56 Å². The lowest BCUT2D eigenvalue weighted by molar-refractivity contribution is -0.142. The highest BCUT2D eigenvalue weighted by Gasteiger charge is 2.36. The Bertz CT molecular complexity index is 477. The standard InChI is InChI=1S/C10H7F3N2O2/c1-17-8(16)4-6-2-3-15-9(7(6)5-14)10(11,12)13/h2-3H,4H2,1H3. The van der Waals surface area contributed by atoms with Crippen molar-refractivity contribution in [2.75, 3.05) is 7.11 Å². The number of carbonyl (C=O) groups is 1. The van der Waals surface area contributed by atoms with Crippen molar-refractivity contribution in [1.82, 2.24) is 4.98 Å². The summed E-state index contributed by atoms with van der Waals surface area (Å²) in [6.45, 7) is 0. The Morgan fingerprint density at radius 2 is 2.24 bits per heavy atom. The third kappa shape index (κ3) is 2.93. The largest absolute Gasteiger partial charge is 0.469 e. The van der Waals surface area contributed by atoms with Crippen LogP contribution >= 0.6 is 0 Å². The summed E-state index contributed by atoms with van der Waals surface area (Å²) in [6.07, 6.45) is -4.22. The van der Waals surface area contributed by atoms with Gasteiger partial charge in [-0.3, -0.25) is 9.78 Å². The molecule has 7 heteroatoms. The first-order valence-electron chi connectivity index (χ1n) is 4.42. The van der Waals surface area contributed by atoms with Crippen LogP contribution in [0.4, 0.5) is 13.2 Å². The van der Waals surface area contributed by atoms with Crippen molar-refractivity contribution in [1.29, 1.82) is 5.26 Å². The second-order valence-corrected chi connectivity index (χ2v) is 3.06. The third-order valence-electron chi connectivity index (χ3n) is 1.98. The van der Waals surface area contributed by atoms with E-state index in [0.29, 0.717) is 0 Å². The smallest absolute Gasteiger partial charge is 0.434 e. The number of esters is 1. The summed E-state index contributed by atoms with van der Waals surface area (Å²) >= 11 is 0. The van der Waals surface area contributed by atoms with Gasteiger partial charge in [0, 0.05) is 6.20 Å². The van der Waals surface area contributed by atoms with Gasteiger partial charge in [0.15, 0.2) is 5.69 Å². The van der Waals surface area contributed by atoms with E-state index >= 15 is 0 Å². The van der Waals surface area contributed by atoms with Crippen LogP contribution in [0.15, 0.2) is 12.3 Å². The Balaban J connectivity index is 3.26. The maximum atomic E-state index is 12.5. The minimum atomic E-state index is -4.73. The average molecular weight is 244 g/mol. The quantitative estimate of drug-likeness (QED) is 0.742. The van der Waals surface area contributed by atoms with Crippen LogP contribution in [0.5, 0.6) is 0 Å². The van der Waals surface area contributed by atoms with E-state index in [4.69, 9.17) is 5.26 Å². The number of halogens is 3. The van der Waals surface area contributed by atoms with E-state index in [1.807, 2.05) is 0 Å². The van der Waals surface area contributed by atoms with Gasteiger partial charge in [-0.25, -0.2) is 0 Å². The fourth-order valence-electron chi connectivity index (χ4n) is 1.22. The molecule has 0 aromatic carbocycles. The lowest BCUT2D eigenvalue weighted by Crippen LogP contribution is -2.14. The van der Waals surface area contributed by atoms with Gasteiger partial charge in [0.25, 0.3) is 0 Å². The van der Waals surface area contributed by atoms with Gasteiger partial charge in [-0.05, 0) is 11.6 Å². The number of hydrogen-bond donors (Lipinski definition) is 0. The zero-order chi connectivity index (χ0) is 13.1. The maximum Gasteiger partial charge on any atom is 0.434 e. The van der Waals surface area contributed by atoms with Crippen molar-refractivity contribution in [2.24, 2.45) is 0 Å². The fraction of sp³-hybridized carbons (Fsp3) is 0.300. The lowest BCUT2D eigenvalue weighted by Gasteiger charge is -2.10. The summed E-state index contributed by atoms with van der Waals surface area (Å²) in [5, 5.41) is 8.71. The van der Waals surface area contributed by atoms with Crippen LogP contribution in [0, 0.1) is 11.3 Å². The van der Waals surface area contributed by atoms with Gasteiger partial charge in [0.2, 0.25) is 0 Å². The molecule has 0 radical (unpaired) electrons. The Morgan fingerprint density at radius 1 is 1.59 bits per heavy atom. The van der Waals surface area contributed by atoms with Gasteiger partial charge < -0.3 is 4.74 Å². The first-order chi connectivity index (χ1) is 7.90. The van der Waals surface area contributed by atoms with Gasteiger partial charge in [-0.2, -0.15) is 18.4 Å². The van der Waals surface area contributed by atoms with Gasteiger partial charge in [-0.15, -0.1) is 0 Å². The topological polar surface area (TPSA) is 63.0 Å². The Hall–Kier alpha value is -2.10. The number of methoxy groups -OCH3 is 1. The number of aromatic nitrogens is 1. The molecule has 0 saturated carbocycles. The fourth-order valence-corrected chi connectivity index (χ4v) is 1.22. The molecule has 0 aliphatic rings. The Labute approximate surface area is 94.6 Å². The van der Waals surface area contributed by atoms with E-state index in [1.54, 1.807) is 0 Å². The molecule has 0 aliphatic carbocycles. The molecule has 0 atom stereocenters. The number of hydrogen-bond acceptors (Lipinski definition) is 4. The molecule has 0 fully saturated rings. The zero-order valence-corrected chi connectivity index (χ0v) is 8.71. The molecule has 4 nitrogen and oxygen atoms in total. The number of alkyl halides is 3. The van der Waals surface area contributed by atoms with Crippen LogP contribution < -0.4 is 0 Å². The van der Waals surface area contributed by atoms with Crippen LogP contribution in [0.1, 0.15) is 16.8 Å². The van der Waals surface area contributed by atoms with E-state index in [2.05, 4.69) is 9.72 Å². The molecule has 1 aromatic heterocycles. The second kappa shape index (κ2) is 4.82. The van der Waals surface area contributed by atoms with E-state index in [0.717, 1.165) is 13.3 Å². The van der Waals surface area contributed by atoms with Gasteiger partial charge in [0.05, 0.1) is 19.1 Å². The SMILES string of the molecule is COC(=O)Cc1ccnc(C(F)(F)F)c1C#N. The number of rotatable bonds is 2. The molecule has 1 rings (SSSR count). The molecule has 0 N–H and O–H groups in total. The molecule has 0 aliphatic heterocycles. The predicted octanol–water partition coefficient (Wildman–Crippen LogP) is 1.69. The molecule has 1 heterocycles. The van der Waals surface area contributed by atoms with Crippen LogP contribution in [0.2, 0.25) is 0 Å². The number of nitriles is 1. The Kier molecular flexibility index (Phi) is 3.68. The number of pyridine rings is 1. The van der Waals surface area contributed by atoms with E-state index < -0.39 is 29.8 Å². The average Bonchev–Trinajstić information content (AvgIpc) is 2.27. The first-order valence-corrected chi connectivity index (χ1v) is 4.42. The molecule has 0 saturated heterocycles. The summed E-state index contributed by atoms with van der Waals surface area (Å²) in [7, 11) is 1.11. The van der Waals surface area contributed by atoms with Crippen LogP contribution in [-0.2, 0) is 22.1 Å². The highest BCUT2D eigenvalue weighted by Crippen LogP contribution is 2.31. The van der Waals surface area contributed by atoms with Crippen LogP contribution in [0.25, 0.3) is 0 Å². The molecule has 1 aromatic rings. The first kappa shape index (κ1) is 13.0. The lowest BCUT2D eigenvalue weighted by atomic mass is 10.0. The van der Waals surface area contributed by atoms with E-state index in [9.17, 15) is 18.0 Å². The molecule has 0 unspecified atom stereocenters. The van der Waals surface area contributed by atoms with Crippen molar-refractivity contribution < 1.29 is 22.7 Å². The van der Waals surface area contributed by atoms with Crippen molar-refractivity contribution in [3.05, 3.63) is 29.1 Å². The molecule has 0 spiro atoms. The molecule has 0 amide bonds. The third-order valence-corrected chi connectivity index (χ3v) is 1.98. The number of ether oxygens (including phenoxy) is 1. The summed E-state index contributed by atoms with van der Waals surface area (Å²) in [6, 6.07) is 2.60. The maximum absolute atomic E-state index is 12.5. The van der Waals surface area contributed by atoms with Crippen LogP contribution in [-0.4, -0.2) is 18.1 Å². The van der Waals surface area contributed by atoms with Gasteiger partial charge >= 0.3 is 12.1 Å². The van der Waals surface area contributed by atoms with Crippen molar-refractivity contribution in [3.63, 3.8) is 0 Å². The summed E-state index contributed by atoms with van der Waals surface area (Å²) in [5.74, 6) is -0.721. The highest BCUT2D eigenvalue weighted by atomic mass is 19.4. The minimum absolute atomic E-state index is 0.0540. The molecule has 0 bridgehead atoms. The van der Waals surface area contributed by atoms with Crippen molar-refractivity contribution in [2.45, 2.75) is 12.6 Å². The monoisotopic (exact) mass is 244 g/mol. The van der Waals surface area contributed by atoms with E-state index in [1.165, 1.54) is 12.1 Å². The van der Waals surface area contributed by atoms with Gasteiger partial charge in [-0.1, -0.05) is 0 Å². The summed E-state index contributed by atoms with van der Waals surface area (Å²) < 4.78 is 41.8. The molecule has 90 valence electrons. The summed E-state index contributed by atoms with van der Waals surface area (Å²) in [5.41, 5.74) is -1.99. The molecular formula is C10H7F3N2O2. The normalized spacial score (nSPS) is 10.8. The summed E-state index contributed by atoms with van der Waals surface area (Å²) in [4.78, 5) is 14.1. The van der Waals surface area contributed by atoms with Crippen molar-refractivity contribution >= 4 is 5.97 Å². The highest BCUT2D eigenvalue weighted by molar-refractivity contribution is 5.73. The Morgan fingerprint density at radius 3 is 2.71 bits per heavy atom. The number of carbonyl (C=O) groups excluding carboxylic acids is 1. The predicted molar refractivity (Wildman–Crippen MR) is 49.7 cm³/mol. The van der Waals surface area contributed by atoms with Gasteiger partial charge in [0.1, 0.15) is 6.07 Å². The molecule has 17 heavy (non-hydrogen) atoms. The number of nitrogens with zero attached hydrogens (tertiary/aromatic N) is 2. The molecular weight excluding hydrogens is 237 g/mol. The van der Waals surface area contributed by atoms with Crippen molar-refractivity contribution in [3.8, 4) is 6.07 Å². The zero-order valence-electron chi connectivity index (χ0n) is 8.71. The second-order valence-electron chi connectivity index (χ2n) is 3.06.